The molecule has 0 radical (unpaired) electrons. The Kier molecular flexibility index (Phi) is 5.74. The number of carboxylic acids is 1. The molecule has 0 spiro atoms. The number of para-hydroxylation sites is 1. The van der Waals surface area contributed by atoms with Crippen molar-refractivity contribution in [2.24, 2.45) is 0 Å². The standard InChI is InChI=1S/C22H18FN3O3/c1-26(21(27)15(12-24)10-14-6-2-4-8-18(14)23)20(22(28)29)11-16-13-25-19-9-5-3-7-17(16)19/h2-10,13,20,25H,11H2,1H3,(H,28,29)/t20-/m0/s1. The van der Waals surface area contributed by atoms with Gasteiger partial charge in [0.25, 0.3) is 5.91 Å². The maximum atomic E-state index is 13.9. The molecule has 0 bridgehead atoms. The Labute approximate surface area is 166 Å². The summed E-state index contributed by atoms with van der Waals surface area (Å²) in [5.74, 6) is -2.57. The fourth-order valence-corrected chi connectivity index (χ4v) is 3.12. The molecule has 2 aromatic carbocycles. The molecule has 1 heterocycles. The number of halogens is 1. The summed E-state index contributed by atoms with van der Waals surface area (Å²) in [5, 5.41) is 19.9. The minimum absolute atomic E-state index is 0.0555. The van der Waals surface area contributed by atoms with Crippen LogP contribution in [0.5, 0.6) is 0 Å². The van der Waals surface area contributed by atoms with Gasteiger partial charge in [-0.3, -0.25) is 4.79 Å². The molecule has 0 aliphatic heterocycles. The smallest absolute Gasteiger partial charge is 0.326 e. The number of carbonyl (C=O) groups is 2. The van der Waals surface area contributed by atoms with Gasteiger partial charge in [-0.05, 0) is 23.8 Å². The summed E-state index contributed by atoms with van der Waals surface area (Å²) >= 11 is 0. The molecule has 3 rings (SSSR count). The first-order chi connectivity index (χ1) is 13.9. The summed E-state index contributed by atoms with van der Waals surface area (Å²) in [4.78, 5) is 28.7. The van der Waals surface area contributed by atoms with E-state index in [1.165, 1.54) is 25.2 Å². The lowest BCUT2D eigenvalue weighted by Gasteiger charge is -2.24. The fourth-order valence-electron chi connectivity index (χ4n) is 3.12. The molecule has 1 aromatic heterocycles. The minimum Gasteiger partial charge on any atom is -0.480 e. The monoisotopic (exact) mass is 391 g/mol. The Bertz CT molecular complexity index is 1140. The van der Waals surface area contributed by atoms with Gasteiger partial charge in [0, 0.05) is 36.1 Å². The molecule has 0 saturated carbocycles. The van der Waals surface area contributed by atoms with E-state index in [0.29, 0.717) is 0 Å². The van der Waals surface area contributed by atoms with E-state index < -0.39 is 23.7 Å². The van der Waals surface area contributed by atoms with Gasteiger partial charge in [0.2, 0.25) is 0 Å². The maximum Gasteiger partial charge on any atom is 0.326 e. The number of likely N-dealkylation sites (N-methyl/N-ethyl adjacent to an activating group) is 1. The third-order valence-corrected chi connectivity index (χ3v) is 4.72. The molecule has 0 fully saturated rings. The number of rotatable bonds is 6. The first-order valence-corrected chi connectivity index (χ1v) is 8.83. The Morgan fingerprint density at radius 3 is 2.62 bits per heavy atom. The molecule has 0 aliphatic carbocycles. The van der Waals surface area contributed by atoms with Crippen LogP contribution < -0.4 is 0 Å². The molecule has 0 saturated heterocycles. The highest BCUT2D eigenvalue weighted by Gasteiger charge is 2.29. The Balaban J connectivity index is 1.89. The Hall–Kier alpha value is -3.92. The summed E-state index contributed by atoms with van der Waals surface area (Å²) < 4.78 is 13.9. The predicted molar refractivity (Wildman–Crippen MR) is 106 cm³/mol. The van der Waals surface area contributed by atoms with Crippen LogP contribution in [0.2, 0.25) is 0 Å². The summed E-state index contributed by atoms with van der Waals surface area (Å²) in [6.45, 7) is 0. The second-order valence-electron chi connectivity index (χ2n) is 6.53. The molecular formula is C22H18FN3O3. The molecular weight excluding hydrogens is 373 g/mol. The molecule has 1 atom stereocenters. The number of carboxylic acid groups (broad SMARTS) is 1. The lowest BCUT2D eigenvalue weighted by atomic mass is 10.0. The van der Waals surface area contributed by atoms with Crippen molar-refractivity contribution in [1.29, 1.82) is 5.26 Å². The van der Waals surface area contributed by atoms with Gasteiger partial charge in [0.05, 0.1) is 0 Å². The molecule has 3 aromatic rings. The van der Waals surface area contributed by atoms with Crippen LogP contribution >= 0.6 is 0 Å². The van der Waals surface area contributed by atoms with Gasteiger partial charge in [-0.2, -0.15) is 5.26 Å². The number of amides is 1. The predicted octanol–water partition coefficient (Wildman–Crippen LogP) is 3.37. The number of nitriles is 1. The second-order valence-corrected chi connectivity index (χ2v) is 6.53. The largest absolute Gasteiger partial charge is 0.480 e. The van der Waals surface area contributed by atoms with Crippen molar-refractivity contribution in [2.75, 3.05) is 7.05 Å². The van der Waals surface area contributed by atoms with Crippen LogP contribution in [-0.4, -0.2) is 40.0 Å². The third-order valence-electron chi connectivity index (χ3n) is 4.72. The van der Waals surface area contributed by atoms with Crippen molar-refractivity contribution >= 4 is 28.9 Å². The van der Waals surface area contributed by atoms with Crippen molar-refractivity contribution in [3.8, 4) is 6.07 Å². The molecule has 2 N–H and O–H groups in total. The minimum atomic E-state index is -1.20. The van der Waals surface area contributed by atoms with Crippen LogP contribution in [0.15, 0.2) is 60.3 Å². The zero-order chi connectivity index (χ0) is 21.0. The van der Waals surface area contributed by atoms with Crippen LogP contribution in [-0.2, 0) is 16.0 Å². The first kappa shape index (κ1) is 19.8. The topological polar surface area (TPSA) is 97.2 Å². The number of hydrogen-bond acceptors (Lipinski definition) is 3. The maximum absolute atomic E-state index is 13.9. The number of hydrogen-bond donors (Lipinski definition) is 2. The van der Waals surface area contributed by atoms with E-state index in [2.05, 4.69) is 4.98 Å². The number of carbonyl (C=O) groups excluding carboxylic acids is 1. The highest BCUT2D eigenvalue weighted by molar-refractivity contribution is 6.03. The summed E-state index contributed by atoms with van der Waals surface area (Å²) in [6.07, 6.45) is 2.89. The molecule has 6 nitrogen and oxygen atoms in total. The highest BCUT2D eigenvalue weighted by Crippen LogP contribution is 2.21. The van der Waals surface area contributed by atoms with E-state index in [-0.39, 0.29) is 17.6 Å². The van der Waals surface area contributed by atoms with E-state index in [0.717, 1.165) is 27.4 Å². The van der Waals surface area contributed by atoms with E-state index >= 15 is 0 Å². The van der Waals surface area contributed by atoms with Crippen molar-refractivity contribution in [2.45, 2.75) is 12.5 Å². The van der Waals surface area contributed by atoms with Crippen LogP contribution in [0.1, 0.15) is 11.1 Å². The third kappa shape index (κ3) is 4.17. The van der Waals surface area contributed by atoms with Crippen molar-refractivity contribution in [1.82, 2.24) is 9.88 Å². The highest BCUT2D eigenvalue weighted by atomic mass is 19.1. The van der Waals surface area contributed by atoms with E-state index in [9.17, 15) is 24.3 Å². The van der Waals surface area contributed by atoms with Crippen LogP contribution in [0.4, 0.5) is 4.39 Å². The molecule has 1 amide bonds. The molecule has 146 valence electrons. The Morgan fingerprint density at radius 2 is 1.93 bits per heavy atom. The number of nitrogens with zero attached hydrogens (tertiary/aromatic N) is 2. The van der Waals surface area contributed by atoms with Gasteiger partial charge in [-0.1, -0.05) is 36.4 Å². The second kappa shape index (κ2) is 8.40. The van der Waals surface area contributed by atoms with Crippen LogP contribution in [0, 0.1) is 17.1 Å². The number of fused-ring (bicyclic) bond motifs is 1. The lowest BCUT2D eigenvalue weighted by molar-refractivity contribution is -0.147. The number of H-pyrrole nitrogens is 1. The molecule has 0 aliphatic rings. The zero-order valence-electron chi connectivity index (χ0n) is 15.6. The fraction of sp³-hybridized carbons (Fsp3) is 0.136. The molecule has 29 heavy (non-hydrogen) atoms. The number of aromatic nitrogens is 1. The zero-order valence-corrected chi connectivity index (χ0v) is 15.6. The van der Waals surface area contributed by atoms with E-state index in [1.54, 1.807) is 18.3 Å². The van der Waals surface area contributed by atoms with Gasteiger partial charge >= 0.3 is 5.97 Å². The van der Waals surface area contributed by atoms with Gasteiger partial charge in [0.15, 0.2) is 0 Å². The quantitative estimate of drug-likeness (QED) is 0.497. The van der Waals surface area contributed by atoms with Crippen LogP contribution in [0.25, 0.3) is 17.0 Å². The SMILES string of the molecule is CN(C(=O)C(C#N)=Cc1ccccc1F)[C@@H](Cc1c[nH]c2ccccc12)C(=O)O. The normalized spacial score (nSPS) is 12.4. The summed E-state index contributed by atoms with van der Waals surface area (Å²) in [6, 6.07) is 13.7. The Morgan fingerprint density at radius 1 is 1.24 bits per heavy atom. The van der Waals surface area contributed by atoms with Crippen molar-refractivity contribution < 1.29 is 19.1 Å². The summed E-state index contributed by atoms with van der Waals surface area (Å²) in [5.41, 5.74) is 1.33. The van der Waals surface area contributed by atoms with Gasteiger partial charge in [0.1, 0.15) is 23.5 Å². The lowest BCUT2D eigenvalue weighted by Crippen LogP contribution is -2.44. The first-order valence-electron chi connectivity index (χ1n) is 8.83. The summed E-state index contributed by atoms with van der Waals surface area (Å²) in [7, 11) is 1.32. The average Bonchev–Trinajstić information content (AvgIpc) is 3.13. The van der Waals surface area contributed by atoms with Crippen molar-refractivity contribution in [3.05, 3.63) is 77.2 Å². The average molecular weight is 391 g/mol. The molecule has 7 heteroatoms. The number of nitrogens with one attached hydrogen (secondary N) is 1. The number of benzene rings is 2. The number of aromatic amines is 1. The van der Waals surface area contributed by atoms with Gasteiger partial charge in [-0.15, -0.1) is 0 Å². The van der Waals surface area contributed by atoms with Crippen LogP contribution in [0.3, 0.4) is 0 Å². The van der Waals surface area contributed by atoms with E-state index in [4.69, 9.17) is 0 Å². The van der Waals surface area contributed by atoms with Crippen molar-refractivity contribution in [3.63, 3.8) is 0 Å². The molecule has 0 unspecified atom stereocenters. The van der Waals surface area contributed by atoms with E-state index in [1.807, 2.05) is 24.3 Å². The number of aliphatic carboxylic acids is 1. The van der Waals surface area contributed by atoms with Gasteiger partial charge in [-0.25, -0.2) is 9.18 Å². The van der Waals surface area contributed by atoms with Gasteiger partial charge < -0.3 is 15.0 Å².